The van der Waals surface area contributed by atoms with Crippen molar-refractivity contribution < 1.29 is 0 Å². The van der Waals surface area contributed by atoms with Gasteiger partial charge in [0, 0.05) is 12.6 Å². The monoisotopic (exact) mass is 254 g/mol. The first kappa shape index (κ1) is 12.5. The first-order chi connectivity index (χ1) is 8.16. The summed E-state index contributed by atoms with van der Waals surface area (Å²) >= 11 is 6.05. The highest BCUT2D eigenvalue weighted by molar-refractivity contribution is 6.33. The Bertz CT molecular complexity index is 377. The third kappa shape index (κ3) is 3.23. The number of rotatable bonds is 4. The molecule has 1 aromatic rings. The minimum Gasteiger partial charge on any atom is -0.397 e. The predicted molar refractivity (Wildman–Crippen MR) is 72.4 cm³/mol. The summed E-state index contributed by atoms with van der Waals surface area (Å²) in [6.45, 7) is 5.48. The van der Waals surface area contributed by atoms with Crippen LogP contribution in [0.2, 0.25) is 5.02 Å². The summed E-state index contributed by atoms with van der Waals surface area (Å²) < 4.78 is 0. The van der Waals surface area contributed by atoms with E-state index >= 15 is 0 Å². The van der Waals surface area contributed by atoms with E-state index in [4.69, 9.17) is 17.3 Å². The van der Waals surface area contributed by atoms with Crippen LogP contribution in [0.4, 0.5) is 11.5 Å². The van der Waals surface area contributed by atoms with Gasteiger partial charge >= 0.3 is 0 Å². The molecule has 0 aromatic carbocycles. The molecule has 0 amide bonds. The van der Waals surface area contributed by atoms with Gasteiger partial charge in [0.2, 0.25) is 0 Å². The Morgan fingerprint density at radius 1 is 1.53 bits per heavy atom. The summed E-state index contributed by atoms with van der Waals surface area (Å²) in [7, 11) is 0. The highest BCUT2D eigenvalue weighted by Crippen LogP contribution is 2.21. The molecule has 1 unspecified atom stereocenters. The SMILES string of the molecule is CC(CNc1ncc(N)cc1Cl)N1CCCC1. The van der Waals surface area contributed by atoms with Crippen molar-refractivity contribution in [3.63, 3.8) is 0 Å². The summed E-state index contributed by atoms with van der Waals surface area (Å²) in [5.74, 6) is 0.715. The van der Waals surface area contributed by atoms with Crippen LogP contribution in [0.5, 0.6) is 0 Å². The van der Waals surface area contributed by atoms with E-state index < -0.39 is 0 Å². The number of nitrogens with two attached hydrogens (primary N) is 1. The molecule has 0 saturated carbocycles. The van der Waals surface area contributed by atoms with E-state index in [0.29, 0.717) is 22.6 Å². The zero-order chi connectivity index (χ0) is 12.3. The number of pyridine rings is 1. The summed E-state index contributed by atoms with van der Waals surface area (Å²) in [6.07, 6.45) is 4.24. The molecule has 4 nitrogen and oxygen atoms in total. The standard InChI is InChI=1S/C12H19ClN4/c1-9(17-4-2-3-5-17)7-15-12-11(13)6-10(14)8-16-12/h6,8-9H,2-5,7,14H2,1H3,(H,15,16). The Morgan fingerprint density at radius 3 is 2.88 bits per heavy atom. The molecule has 94 valence electrons. The van der Waals surface area contributed by atoms with Crippen molar-refractivity contribution in [2.45, 2.75) is 25.8 Å². The number of aromatic nitrogens is 1. The summed E-state index contributed by atoms with van der Waals surface area (Å²) in [6, 6.07) is 2.23. The van der Waals surface area contributed by atoms with Crippen LogP contribution in [0.25, 0.3) is 0 Å². The van der Waals surface area contributed by atoms with Gasteiger partial charge in [0.1, 0.15) is 5.82 Å². The van der Waals surface area contributed by atoms with E-state index in [1.54, 1.807) is 12.3 Å². The highest BCUT2D eigenvalue weighted by atomic mass is 35.5. The van der Waals surface area contributed by atoms with Gasteiger partial charge in [-0.15, -0.1) is 0 Å². The number of hydrogen-bond donors (Lipinski definition) is 2. The topological polar surface area (TPSA) is 54.2 Å². The second-order valence-electron chi connectivity index (χ2n) is 4.57. The molecule has 1 aliphatic heterocycles. The van der Waals surface area contributed by atoms with Crippen LogP contribution in [0.15, 0.2) is 12.3 Å². The molecule has 1 saturated heterocycles. The largest absolute Gasteiger partial charge is 0.397 e. The predicted octanol–water partition coefficient (Wildman–Crippen LogP) is 2.21. The number of halogens is 1. The van der Waals surface area contributed by atoms with Gasteiger partial charge in [0.25, 0.3) is 0 Å². The fourth-order valence-electron chi connectivity index (χ4n) is 2.14. The Hall–Kier alpha value is -1.00. The van der Waals surface area contributed by atoms with Crippen LogP contribution < -0.4 is 11.1 Å². The summed E-state index contributed by atoms with van der Waals surface area (Å²) in [5.41, 5.74) is 6.19. The third-order valence-corrected chi connectivity index (χ3v) is 3.48. The van der Waals surface area contributed by atoms with Crippen molar-refractivity contribution in [3.05, 3.63) is 17.3 Å². The minimum absolute atomic E-state index is 0.507. The Morgan fingerprint density at radius 2 is 2.24 bits per heavy atom. The number of likely N-dealkylation sites (tertiary alicyclic amines) is 1. The fourth-order valence-corrected chi connectivity index (χ4v) is 2.38. The second-order valence-corrected chi connectivity index (χ2v) is 4.98. The second kappa shape index (κ2) is 5.56. The quantitative estimate of drug-likeness (QED) is 0.865. The van der Waals surface area contributed by atoms with E-state index in [1.165, 1.54) is 25.9 Å². The van der Waals surface area contributed by atoms with Crippen molar-refractivity contribution in [2.75, 3.05) is 30.7 Å². The van der Waals surface area contributed by atoms with Crippen LogP contribution in [-0.2, 0) is 0 Å². The molecule has 5 heteroatoms. The first-order valence-electron chi connectivity index (χ1n) is 6.06. The van der Waals surface area contributed by atoms with Gasteiger partial charge in [0.15, 0.2) is 0 Å². The third-order valence-electron chi connectivity index (χ3n) is 3.19. The summed E-state index contributed by atoms with van der Waals surface area (Å²) in [5, 5.41) is 3.86. The molecule has 2 rings (SSSR count). The lowest BCUT2D eigenvalue weighted by atomic mass is 10.3. The minimum atomic E-state index is 0.507. The molecular weight excluding hydrogens is 236 g/mol. The first-order valence-corrected chi connectivity index (χ1v) is 6.43. The van der Waals surface area contributed by atoms with Gasteiger partial charge in [-0.1, -0.05) is 11.6 Å². The molecule has 0 bridgehead atoms. The molecular formula is C12H19ClN4. The van der Waals surface area contributed by atoms with Gasteiger partial charge in [-0.05, 0) is 38.9 Å². The van der Waals surface area contributed by atoms with Gasteiger partial charge < -0.3 is 11.1 Å². The zero-order valence-electron chi connectivity index (χ0n) is 10.1. The highest BCUT2D eigenvalue weighted by Gasteiger charge is 2.17. The van der Waals surface area contributed by atoms with Crippen LogP contribution in [-0.4, -0.2) is 35.6 Å². The molecule has 17 heavy (non-hydrogen) atoms. The number of anilines is 2. The van der Waals surface area contributed by atoms with Gasteiger partial charge in [-0.2, -0.15) is 0 Å². The number of nitrogens with one attached hydrogen (secondary N) is 1. The maximum absolute atomic E-state index is 6.05. The van der Waals surface area contributed by atoms with Crippen LogP contribution >= 0.6 is 11.6 Å². The van der Waals surface area contributed by atoms with E-state index in [2.05, 4.69) is 22.1 Å². The maximum atomic E-state index is 6.05. The fraction of sp³-hybridized carbons (Fsp3) is 0.583. The van der Waals surface area contributed by atoms with Gasteiger partial charge in [-0.3, -0.25) is 4.90 Å². The molecule has 0 spiro atoms. The molecule has 1 fully saturated rings. The molecule has 2 heterocycles. The molecule has 3 N–H and O–H groups in total. The lowest BCUT2D eigenvalue weighted by Crippen LogP contribution is -2.35. The smallest absolute Gasteiger partial charge is 0.144 e. The summed E-state index contributed by atoms with van der Waals surface area (Å²) in [4.78, 5) is 6.67. The van der Waals surface area contributed by atoms with E-state index in [0.717, 1.165) is 6.54 Å². The lowest BCUT2D eigenvalue weighted by molar-refractivity contribution is 0.269. The van der Waals surface area contributed by atoms with Crippen molar-refractivity contribution >= 4 is 23.1 Å². The van der Waals surface area contributed by atoms with E-state index in [9.17, 15) is 0 Å². The van der Waals surface area contributed by atoms with Crippen molar-refractivity contribution in [3.8, 4) is 0 Å². The molecule has 1 aromatic heterocycles. The lowest BCUT2D eigenvalue weighted by Gasteiger charge is -2.24. The van der Waals surface area contributed by atoms with Crippen molar-refractivity contribution in [1.82, 2.24) is 9.88 Å². The van der Waals surface area contributed by atoms with Crippen LogP contribution in [0.3, 0.4) is 0 Å². The number of hydrogen-bond acceptors (Lipinski definition) is 4. The van der Waals surface area contributed by atoms with Gasteiger partial charge in [-0.25, -0.2) is 4.98 Å². The molecule has 1 aliphatic rings. The number of nitrogen functional groups attached to an aromatic ring is 1. The van der Waals surface area contributed by atoms with Gasteiger partial charge in [0.05, 0.1) is 16.9 Å². The average molecular weight is 255 g/mol. The van der Waals surface area contributed by atoms with Crippen molar-refractivity contribution in [2.24, 2.45) is 0 Å². The van der Waals surface area contributed by atoms with E-state index in [1.807, 2.05) is 0 Å². The van der Waals surface area contributed by atoms with Crippen LogP contribution in [0.1, 0.15) is 19.8 Å². The Balaban J connectivity index is 1.88. The molecule has 0 radical (unpaired) electrons. The van der Waals surface area contributed by atoms with E-state index in [-0.39, 0.29) is 0 Å². The Labute approximate surface area is 107 Å². The average Bonchev–Trinajstić information content (AvgIpc) is 2.81. The Kier molecular flexibility index (Phi) is 4.07. The van der Waals surface area contributed by atoms with Crippen LogP contribution in [0, 0.1) is 0 Å². The number of nitrogens with zero attached hydrogens (tertiary/aromatic N) is 2. The normalized spacial score (nSPS) is 18.2. The maximum Gasteiger partial charge on any atom is 0.144 e. The van der Waals surface area contributed by atoms with Crippen molar-refractivity contribution in [1.29, 1.82) is 0 Å². The zero-order valence-corrected chi connectivity index (χ0v) is 10.9. The molecule has 1 atom stereocenters. The molecule has 0 aliphatic carbocycles.